The molecule has 0 atom stereocenters. The first kappa shape index (κ1) is 17.3. The number of aromatic carboxylic acids is 1. The van der Waals surface area contributed by atoms with Crippen LogP contribution in [0.2, 0.25) is 0 Å². The molecule has 3 heterocycles. The van der Waals surface area contributed by atoms with Crippen molar-refractivity contribution >= 4 is 22.9 Å². The third-order valence-electron chi connectivity index (χ3n) is 4.20. The van der Waals surface area contributed by atoms with E-state index in [1.54, 1.807) is 22.8 Å². The number of fused-ring (bicyclic) bond motifs is 1. The van der Waals surface area contributed by atoms with E-state index < -0.39 is 11.5 Å². The van der Waals surface area contributed by atoms with Crippen molar-refractivity contribution in [3.8, 4) is 5.95 Å². The van der Waals surface area contributed by atoms with Crippen molar-refractivity contribution < 1.29 is 14.7 Å². The number of hydrogen-bond donors (Lipinski definition) is 2. The Hall–Kier alpha value is -4.08. The summed E-state index contributed by atoms with van der Waals surface area (Å²) in [5.41, 5.74) is 1.43. The Labute approximate surface area is 157 Å². The van der Waals surface area contributed by atoms with Gasteiger partial charge in [0.05, 0.1) is 18.1 Å². The van der Waals surface area contributed by atoms with Gasteiger partial charge in [0.15, 0.2) is 16.9 Å². The van der Waals surface area contributed by atoms with Gasteiger partial charge >= 0.3 is 5.97 Å². The fraction of sp³-hybridized carbons (Fsp3) is 0.111. The third kappa shape index (κ3) is 3.07. The number of nitrogens with one attached hydrogen (secondary N) is 1. The maximum Gasteiger partial charge on any atom is 0.338 e. The smallest absolute Gasteiger partial charge is 0.338 e. The lowest BCUT2D eigenvalue weighted by Gasteiger charge is -2.06. The van der Waals surface area contributed by atoms with E-state index in [1.807, 2.05) is 6.07 Å². The van der Waals surface area contributed by atoms with Gasteiger partial charge in [0.1, 0.15) is 0 Å². The first-order valence-electron chi connectivity index (χ1n) is 8.26. The number of rotatable bonds is 5. The van der Waals surface area contributed by atoms with Gasteiger partial charge in [-0.1, -0.05) is 18.2 Å². The SMILES string of the molecule is CC(=O)c1cccc(Cn2cnc3nc(-n4cc(C(=O)O)cn4)[nH]c(=O)c32)c1. The minimum Gasteiger partial charge on any atom is -0.478 e. The van der Waals surface area contributed by atoms with Gasteiger partial charge in [-0.3, -0.25) is 14.6 Å². The highest BCUT2D eigenvalue weighted by Crippen LogP contribution is 2.13. The van der Waals surface area contributed by atoms with Gasteiger partial charge in [0, 0.05) is 18.3 Å². The quantitative estimate of drug-likeness (QED) is 0.499. The van der Waals surface area contributed by atoms with Gasteiger partial charge in [0.2, 0.25) is 5.95 Å². The van der Waals surface area contributed by atoms with E-state index in [-0.39, 0.29) is 28.5 Å². The van der Waals surface area contributed by atoms with Crippen LogP contribution in [0.25, 0.3) is 17.1 Å². The summed E-state index contributed by atoms with van der Waals surface area (Å²) in [7, 11) is 0. The number of carboxylic acids is 1. The molecule has 0 fully saturated rings. The molecule has 0 aliphatic heterocycles. The van der Waals surface area contributed by atoms with E-state index in [0.717, 1.165) is 11.8 Å². The summed E-state index contributed by atoms with van der Waals surface area (Å²) >= 11 is 0. The van der Waals surface area contributed by atoms with Crippen LogP contribution in [0, 0.1) is 0 Å². The fourth-order valence-corrected chi connectivity index (χ4v) is 2.84. The van der Waals surface area contributed by atoms with Crippen molar-refractivity contribution in [3.63, 3.8) is 0 Å². The average molecular weight is 378 g/mol. The second-order valence-corrected chi connectivity index (χ2v) is 6.17. The standard InChI is InChI=1S/C18H14N6O4/c1-10(25)12-4-2-3-11(5-12)7-23-9-19-15-14(23)16(26)22-18(21-15)24-8-13(6-20-24)17(27)28/h2-6,8-9H,7H2,1H3,(H,27,28)(H,21,22,26). The normalized spacial score (nSPS) is 11.0. The Morgan fingerprint density at radius 3 is 2.79 bits per heavy atom. The van der Waals surface area contributed by atoms with Crippen LogP contribution in [-0.2, 0) is 6.54 Å². The van der Waals surface area contributed by atoms with Crippen LogP contribution in [0.1, 0.15) is 33.2 Å². The molecule has 140 valence electrons. The van der Waals surface area contributed by atoms with Crippen LogP contribution in [-0.4, -0.2) is 46.2 Å². The monoisotopic (exact) mass is 378 g/mol. The molecular formula is C18H14N6O4. The molecule has 4 aromatic rings. The molecule has 28 heavy (non-hydrogen) atoms. The Bertz CT molecular complexity index is 1280. The van der Waals surface area contributed by atoms with E-state index in [9.17, 15) is 14.4 Å². The molecule has 3 aromatic heterocycles. The molecule has 10 nitrogen and oxygen atoms in total. The van der Waals surface area contributed by atoms with Crippen molar-refractivity contribution in [1.29, 1.82) is 0 Å². The number of ketones is 1. The maximum absolute atomic E-state index is 12.6. The summed E-state index contributed by atoms with van der Waals surface area (Å²) < 4.78 is 2.80. The number of benzene rings is 1. The number of hydrogen-bond acceptors (Lipinski definition) is 6. The van der Waals surface area contributed by atoms with Crippen LogP contribution < -0.4 is 5.56 Å². The summed E-state index contributed by atoms with van der Waals surface area (Å²) in [6.07, 6.45) is 3.90. The van der Waals surface area contributed by atoms with Crippen LogP contribution in [0.15, 0.2) is 47.8 Å². The molecule has 0 bridgehead atoms. The Kier molecular flexibility index (Phi) is 4.07. The lowest BCUT2D eigenvalue weighted by molar-refractivity contribution is 0.0696. The van der Waals surface area contributed by atoms with Crippen molar-refractivity contribution in [2.45, 2.75) is 13.5 Å². The molecule has 0 saturated carbocycles. The van der Waals surface area contributed by atoms with E-state index in [1.165, 1.54) is 24.1 Å². The number of aromatic nitrogens is 6. The number of carbonyl (C=O) groups is 2. The summed E-state index contributed by atoms with van der Waals surface area (Å²) in [5, 5.41) is 12.9. The second kappa shape index (κ2) is 6.58. The van der Waals surface area contributed by atoms with E-state index >= 15 is 0 Å². The zero-order chi connectivity index (χ0) is 19.8. The molecule has 10 heteroatoms. The number of Topliss-reactive ketones (excluding diaryl/α,β-unsaturated/α-hetero) is 1. The predicted octanol–water partition coefficient (Wildman–Crippen LogP) is 1.25. The van der Waals surface area contributed by atoms with Crippen molar-refractivity contribution in [2.75, 3.05) is 0 Å². The molecule has 0 saturated heterocycles. The van der Waals surface area contributed by atoms with Gasteiger partial charge in [-0.2, -0.15) is 10.1 Å². The van der Waals surface area contributed by atoms with Crippen LogP contribution in [0.3, 0.4) is 0 Å². The highest BCUT2D eigenvalue weighted by atomic mass is 16.4. The first-order chi connectivity index (χ1) is 13.4. The van der Waals surface area contributed by atoms with E-state index in [2.05, 4.69) is 20.1 Å². The van der Waals surface area contributed by atoms with Gasteiger partial charge in [-0.05, 0) is 18.6 Å². The number of nitrogens with zero attached hydrogens (tertiary/aromatic N) is 5. The predicted molar refractivity (Wildman–Crippen MR) is 97.8 cm³/mol. The molecule has 2 N–H and O–H groups in total. The van der Waals surface area contributed by atoms with E-state index in [4.69, 9.17) is 5.11 Å². The average Bonchev–Trinajstić information content (AvgIpc) is 3.30. The molecule has 0 radical (unpaired) electrons. The van der Waals surface area contributed by atoms with Crippen molar-refractivity contribution in [3.05, 3.63) is 70.0 Å². The molecule has 0 aliphatic rings. The number of aromatic amines is 1. The third-order valence-corrected chi connectivity index (χ3v) is 4.20. The Morgan fingerprint density at radius 1 is 1.25 bits per heavy atom. The molecular weight excluding hydrogens is 364 g/mol. The number of imidazole rings is 1. The van der Waals surface area contributed by atoms with E-state index in [0.29, 0.717) is 12.1 Å². The van der Waals surface area contributed by atoms with Gasteiger partial charge in [0.25, 0.3) is 5.56 Å². The second-order valence-electron chi connectivity index (χ2n) is 6.17. The molecule has 4 rings (SSSR count). The minimum absolute atomic E-state index is 0.0290. The highest BCUT2D eigenvalue weighted by molar-refractivity contribution is 5.94. The first-order valence-corrected chi connectivity index (χ1v) is 8.26. The number of carboxylic acid groups (broad SMARTS) is 1. The molecule has 0 spiro atoms. The van der Waals surface area contributed by atoms with Crippen LogP contribution in [0.4, 0.5) is 0 Å². The minimum atomic E-state index is -1.13. The van der Waals surface area contributed by atoms with Crippen molar-refractivity contribution in [2.24, 2.45) is 0 Å². The molecule has 0 aliphatic carbocycles. The fourth-order valence-electron chi connectivity index (χ4n) is 2.84. The summed E-state index contributed by atoms with van der Waals surface area (Å²) in [6.45, 7) is 1.83. The van der Waals surface area contributed by atoms with Gasteiger partial charge in [-0.15, -0.1) is 0 Å². The largest absolute Gasteiger partial charge is 0.478 e. The molecule has 1 aromatic carbocycles. The summed E-state index contributed by atoms with van der Waals surface area (Å²) in [4.78, 5) is 46.1. The van der Waals surface area contributed by atoms with Crippen LogP contribution >= 0.6 is 0 Å². The van der Waals surface area contributed by atoms with Crippen LogP contribution in [0.5, 0.6) is 0 Å². The number of H-pyrrole nitrogens is 1. The van der Waals surface area contributed by atoms with Gasteiger partial charge in [-0.25, -0.2) is 14.5 Å². The number of carbonyl (C=O) groups excluding carboxylic acids is 1. The summed E-state index contributed by atoms with van der Waals surface area (Å²) in [5.74, 6) is -1.11. The zero-order valence-electron chi connectivity index (χ0n) is 14.7. The highest BCUT2D eigenvalue weighted by Gasteiger charge is 2.14. The molecule has 0 unspecified atom stereocenters. The molecule has 0 amide bonds. The topological polar surface area (TPSA) is 136 Å². The van der Waals surface area contributed by atoms with Gasteiger partial charge < -0.3 is 9.67 Å². The zero-order valence-corrected chi connectivity index (χ0v) is 14.7. The summed E-state index contributed by atoms with van der Waals surface area (Å²) in [6, 6.07) is 7.13. The van der Waals surface area contributed by atoms with Crippen molar-refractivity contribution in [1.82, 2.24) is 29.3 Å². The Balaban J connectivity index is 1.72. The lowest BCUT2D eigenvalue weighted by atomic mass is 10.1. The Morgan fingerprint density at radius 2 is 2.07 bits per heavy atom. The lowest BCUT2D eigenvalue weighted by Crippen LogP contribution is -2.16. The maximum atomic E-state index is 12.6.